The molecule has 0 aliphatic carbocycles. The van der Waals surface area contributed by atoms with E-state index in [9.17, 15) is 13.2 Å². The Morgan fingerprint density at radius 1 is 1.35 bits per heavy atom. The van der Waals surface area contributed by atoms with Gasteiger partial charge in [-0.1, -0.05) is 23.7 Å². The van der Waals surface area contributed by atoms with Gasteiger partial charge in [0.15, 0.2) is 0 Å². The standard InChI is InChI=1S/C16H23ClN2O3S/c1-3-23(21,22)19-10-4-5-14(12-19)16(20)18(2)11-13-6-8-15(17)9-7-13/h6-9,14H,3-5,10-12H2,1-2H3. The molecule has 7 heteroatoms. The van der Waals surface area contributed by atoms with E-state index in [1.54, 1.807) is 31.0 Å². The third-order valence-electron chi connectivity index (χ3n) is 4.20. The molecule has 1 unspecified atom stereocenters. The van der Waals surface area contributed by atoms with Crippen LogP contribution in [0.3, 0.4) is 0 Å². The first kappa shape index (κ1) is 18.2. The number of rotatable bonds is 5. The van der Waals surface area contributed by atoms with Crippen molar-refractivity contribution in [1.29, 1.82) is 0 Å². The van der Waals surface area contributed by atoms with Crippen LogP contribution >= 0.6 is 11.6 Å². The zero-order valence-corrected chi connectivity index (χ0v) is 15.1. The van der Waals surface area contributed by atoms with Crippen LogP contribution in [0.5, 0.6) is 0 Å². The largest absolute Gasteiger partial charge is 0.341 e. The smallest absolute Gasteiger partial charge is 0.227 e. The van der Waals surface area contributed by atoms with Crippen LogP contribution in [0.2, 0.25) is 5.02 Å². The van der Waals surface area contributed by atoms with Gasteiger partial charge in [0, 0.05) is 31.7 Å². The molecule has 1 fully saturated rings. The number of piperidine rings is 1. The van der Waals surface area contributed by atoms with Crippen LogP contribution in [0.15, 0.2) is 24.3 Å². The summed E-state index contributed by atoms with van der Waals surface area (Å²) in [5, 5.41) is 0.662. The summed E-state index contributed by atoms with van der Waals surface area (Å²) in [5.41, 5.74) is 0.999. The van der Waals surface area contributed by atoms with Crippen molar-refractivity contribution in [3.8, 4) is 0 Å². The van der Waals surface area contributed by atoms with E-state index >= 15 is 0 Å². The summed E-state index contributed by atoms with van der Waals surface area (Å²) >= 11 is 5.86. The summed E-state index contributed by atoms with van der Waals surface area (Å²) in [7, 11) is -1.47. The fraction of sp³-hybridized carbons (Fsp3) is 0.562. The van der Waals surface area contributed by atoms with Gasteiger partial charge in [-0.05, 0) is 37.5 Å². The minimum absolute atomic E-state index is 0.00375. The molecule has 1 aromatic rings. The topological polar surface area (TPSA) is 57.7 Å². The van der Waals surface area contributed by atoms with E-state index < -0.39 is 10.0 Å². The molecule has 0 aromatic heterocycles. The molecule has 0 saturated carbocycles. The third-order valence-corrected chi connectivity index (χ3v) is 6.30. The molecule has 2 rings (SSSR count). The van der Waals surface area contributed by atoms with Crippen LogP contribution in [-0.2, 0) is 21.4 Å². The number of hydrogen-bond donors (Lipinski definition) is 0. The van der Waals surface area contributed by atoms with Crippen LogP contribution in [0, 0.1) is 5.92 Å². The lowest BCUT2D eigenvalue weighted by Gasteiger charge is -2.33. The van der Waals surface area contributed by atoms with Gasteiger partial charge in [0.2, 0.25) is 15.9 Å². The van der Waals surface area contributed by atoms with Crippen molar-refractivity contribution in [3.05, 3.63) is 34.9 Å². The van der Waals surface area contributed by atoms with E-state index in [4.69, 9.17) is 11.6 Å². The number of carbonyl (C=O) groups is 1. The molecule has 1 atom stereocenters. The summed E-state index contributed by atoms with van der Waals surface area (Å²) in [5.74, 6) is -0.188. The van der Waals surface area contributed by atoms with Crippen molar-refractivity contribution in [2.75, 3.05) is 25.9 Å². The Morgan fingerprint density at radius 2 is 2.00 bits per heavy atom. The maximum Gasteiger partial charge on any atom is 0.227 e. The number of carbonyl (C=O) groups excluding carboxylic acids is 1. The second-order valence-corrected chi connectivity index (χ2v) is 8.61. The SMILES string of the molecule is CCS(=O)(=O)N1CCCC(C(=O)N(C)Cc2ccc(Cl)cc2)C1. The maximum absolute atomic E-state index is 12.6. The molecule has 1 saturated heterocycles. The van der Waals surface area contributed by atoms with Gasteiger partial charge in [-0.3, -0.25) is 4.79 Å². The maximum atomic E-state index is 12.6. The number of halogens is 1. The molecule has 1 aliphatic rings. The molecule has 0 bridgehead atoms. The van der Waals surface area contributed by atoms with Crippen LogP contribution in [-0.4, -0.2) is 49.4 Å². The molecule has 1 aliphatic heterocycles. The van der Waals surface area contributed by atoms with Gasteiger partial charge in [-0.15, -0.1) is 0 Å². The van der Waals surface area contributed by atoms with Crippen molar-refractivity contribution in [1.82, 2.24) is 9.21 Å². The van der Waals surface area contributed by atoms with Gasteiger partial charge in [0.1, 0.15) is 0 Å². The lowest BCUT2D eigenvalue weighted by molar-refractivity contribution is -0.135. The number of benzene rings is 1. The molecule has 1 heterocycles. The predicted octanol–water partition coefficient (Wildman–Crippen LogP) is 2.36. The van der Waals surface area contributed by atoms with Crippen molar-refractivity contribution in [2.45, 2.75) is 26.3 Å². The normalized spacial score (nSPS) is 19.5. The summed E-state index contributed by atoms with van der Waals surface area (Å²) < 4.78 is 25.5. The first-order valence-corrected chi connectivity index (χ1v) is 9.79. The fourth-order valence-electron chi connectivity index (χ4n) is 2.83. The zero-order valence-electron chi connectivity index (χ0n) is 13.5. The quantitative estimate of drug-likeness (QED) is 0.811. The van der Waals surface area contributed by atoms with Crippen LogP contribution < -0.4 is 0 Å². The monoisotopic (exact) mass is 358 g/mol. The second kappa shape index (κ2) is 7.64. The Bertz CT molecular complexity index is 646. The zero-order chi connectivity index (χ0) is 17.0. The Morgan fingerprint density at radius 3 is 2.61 bits per heavy atom. The van der Waals surface area contributed by atoms with Crippen LogP contribution in [0.4, 0.5) is 0 Å². The first-order valence-electron chi connectivity index (χ1n) is 7.80. The van der Waals surface area contributed by atoms with Gasteiger partial charge in [-0.2, -0.15) is 0 Å². The number of nitrogens with zero attached hydrogens (tertiary/aromatic N) is 2. The second-order valence-electron chi connectivity index (χ2n) is 5.92. The van der Waals surface area contributed by atoms with Gasteiger partial charge < -0.3 is 4.90 Å². The minimum atomic E-state index is -3.23. The third kappa shape index (κ3) is 4.68. The van der Waals surface area contributed by atoms with Crippen molar-refractivity contribution in [3.63, 3.8) is 0 Å². The predicted molar refractivity (Wildman–Crippen MR) is 91.7 cm³/mol. The number of sulfonamides is 1. The fourth-order valence-corrected chi connectivity index (χ4v) is 4.14. The molecule has 0 spiro atoms. The lowest BCUT2D eigenvalue weighted by atomic mass is 9.98. The molecule has 128 valence electrons. The van der Waals surface area contributed by atoms with Crippen LogP contribution in [0.25, 0.3) is 0 Å². The van der Waals surface area contributed by atoms with Gasteiger partial charge in [0.05, 0.1) is 11.7 Å². The molecule has 1 amide bonds. The molecule has 1 aromatic carbocycles. The molecule has 0 N–H and O–H groups in total. The minimum Gasteiger partial charge on any atom is -0.341 e. The number of hydrogen-bond acceptors (Lipinski definition) is 3. The van der Waals surface area contributed by atoms with E-state index in [-0.39, 0.29) is 17.6 Å². The average molecular weight is 359 g/mol. The molecule has 0 radical (unpaired) electrons. The average Bonchev–Trinajstić information content (AvgIpc) is 2.56. The van der Waals surface area contributed by atoms with Crippen molar-refractivity contribution >= 4 is 27.5 Å². The Hall–Kier alpha value is -1.11. The van der Waals surface area contributed by atoms with Gasteiger partial charge in [-0.25, -0.2) is 12.7 Å². The first-order chi connectivity index (χ1) is 10.8. The van der Waals surface area contributed by atoms with E-state index in [2.05, 4.69) is 0 Å². The Labute approximate surface area is 143 Å². The summed E-state index contributed by atoms with van der Waals surface area (Å²) in [6.07, 6.45) is 1.46. The van der Waals surface area contributed by atoms with Gasteiger partial charge in [0.25, 0.3) is 0 Å². The van der Waals surface area contributed by atoms with E-state index in [0.29, 0.717) is 24.7 Å². The van der Waals surface area contributed by atoms with E-state index in [0.717, 1.165) is 18.4 Å². The lowest BCUT2D eigenvalue weighted by Crippen LogP contribution is -2.46. The van der Waals surface area contributed by atoms with Crippen molar-refractivity contribution in [2.24, 2.45) is 5.92 Å². The molecule has 5 nitrogen and oxygen atoms in total. The van der Waals surface area contributed by atoms with E-state index in [1.165, 1.54) is 4.31 Å². The van der Waals surface area contributed by atoms with Crippen molar-refractivity contribution < 1.29 is 13.2 Å². The summed E-state index contributed by atoms with van der Waals surface area (Å²) in [4.78, 5) is 14.3. The molecule has 23 heavy (non-hydrogen) atoms. The number of amides is 1. The highest BCUT2D eigenvalue weighted by molar-refractivity contribution is 7.89. The molecular formula is C16H23ClN2O3S. The summed E-state index contributed by atoms with van der Waals surface area (Å²) in [6.45, 7) is 2.93. The highest BCUT2D eigenvalue weighted by Gasteiger charge is 2.32. The van der Waals surface area contributed by atoms with Crippen LogP contribution in [0.1, 0.15) is 25.3 Å². The van der Waals surface area contributed by atoms with Gasteiger partial charge >= 0.3 is 0 Å². The highest BCUT2D eigenvalue weighted by Crippen LogP contribution is 2.22. The summed E-state index contributed by atoms with van der Waals surface area (Å²) in [6, 6.07) is 7.37. The molecular weight excluding hydrogens is 336 g/mol. The van der Waals surface area contributed by atoms with E-state index in [1.807, 2.05) is 12.1 Å². The highest BCUT2D eigenvalue weighted by atomic mass is 35.5. The Balaban J connectivity index is 2.00. The Kier molecular flexibility index (Phi) is 6.06.